The third-order valence-corrected chi connectivity index (χ3v) is 6.31. The van der Waals surface area contributed by atoms with Crippen molar-refractivity contribution in [1.82, 2.24) is 15.0 Å². The number of alkyl halides is 1. The van der Waals surface area contributed by atoms with Crippen LogP contribution in [0.2, 0.25) is 0 Å². The summed E-state index contributed by atoms with van der Waals surface area (Å²) in [5.41, 5.74) is -2.94. The largest absolute Gasteiger partial charge is 0.390 e. The number of hydrogen-bond donors (Lipinski definition) is 0. The van der Waals surface area contributed by atoms with Crippen molar-refractivity contribution in [2.45, 2.75) is 131 Å². The van der Waals surface area contributed by atoms with Crippen LogP contribution in [-0.4, -0.2) is 32.6 Å². The number of carbonyl (C=O) groups excluding carboxylic acids is 1. The van der Waals surface area contributed by atoms with Gasteiger partial charge in [0, 0.05) is 17.0 Å². The van der Waals surface area contributed by atoms with Gasteiger partial charge in [-0.1, -0.05) is 44.5 Å². The molecule has 33 heavy (non-hydrogen) atoms. The summed E-state index contributed by atoms with van der Waals surface area (Å²) in [7, 11) is 0. The molecule has 1 aliphatic carbocycles. The van der Waals surface area contributed by atoms with Gasteiger partial charge in [0.25, 0.3) is 0 Å². The van der Waals surface area contributed by atoms with Gasteiger partial charge in [-0.3, -0.25) is 4.79 Å². The second-order valence-electron chi connectivity index (χ2n) is 13.0. The van der Waals surface area contributed by atoms with E-state index in [4.69, 9.17) is 4.84 Å². The normalized spacial score (nSPS) is 20.9. The van der Waals surface area contributed by atoms with E-state index >= 15 is 4.39 Å². The van der Waals surface area contributed by atoms with Crippen LogP contribution in [-0.2, 0) is 27.3 Å². The van der Waals surface area contributed by atoms with Crippen molar-refractivity contribution in [3.05, 3.63) is 11.4 Å². The smallest absolute Gasteiger partial charge is 0.214 e. The monoisotopic (exact) mass is 464 g/mol. The minimum Gasteiger partial charge on any atom is -0.390 e. The zero-order chi connectivity index (χ0) is 25.3. The van der Waals surface area contributed by atoms with Gasteiger partial charge in [0.2, 0.25) is 5.67 Å². The summed E-state index contributed by atoms with van der Waals surface area (Å²) in [4.78, 5) is 19.3. The van der Waals surface area contributed by atoms with Crippen molar-refractivity contribution in [2.24, 2.45) is 16.0 Å². The van der Waals surface area contributed by atoms with E-state index in [1.807, 2.05) is 55.4 Å². The lowest BCUT2D eigenvalue weighted by Gasteiger charge is -2.35. The molecule has 1 unspecified atom stereocenters. The highest BCUT2D eigenvalue weighted by atomic mass is 19.1. The summed E-state index contributed by atoms with van der Waals surface area (Å²) in [6.45, 7) is 19.7. The number of nitrogens with zero attached hydrogens (tertiary/aromatic N) is 4. The Balaban J connectivity index is 2.28. The lowest BCUT2D eigenvalue weighted by atomic mass is 9.70. The number of halogens is 1. The maximum absolute atomic E-state index is 16.7. The van der Waals surface area contributed by atoms with Gasteiger partial charge in [-0.05, 0) is 80.1 Å². The summed E-state index contributed by atoms with van der Waals surface area (Å²) < 4.78 is 18.5. The van der Waals surface area contributed by atoms with Crippen LogP contribution in [0.5, 0.6) is 0 Å². The molecule has 7 heteroatoms. The van der Waals surface area contributed by atoms with Gasteiger partial charge in [-0.25, -0.2) is 9.07 Å². The van der Waals surface area contributed by atoms with Crippen LogP contribution in [0.15, 0.2) is 5.16 Å². The fourth-order valence-corrected chi connectivity index (χ4v) is 4.23. The van der Waals surface area contributed by atoms with Crippen molar-refractivity contribution in [1.29, 1.82) is 0 Å². The second-order valence-corrected chi connectivity index (χ2v) is 13.0. The van der Waals surface area contributed by atoms with Crippen LogP contribution in [0.25, 0.3) is 0 Å². The van der Waals surface area contributed by atoms with E-state index in [0.29, 0.717) is 25.7 Å². The van der Waals surface area contributed by atoms with E-state index < -0.39 is 16.9 Å². The molecular weight excluding hydrogens is 419 g/mol. The number of aromatic nitrogens is 3. The highest BCUT2D eigenvalue weighted by Gasteiger charge is 2.51. The van der Waals surface area contributed by atoms with Gasteiger partial charge in [0.1, 0.15) is 11.3 Å². The van der Waals surface area contributed by atoms with Crippen LogP contribution in [0, 0.1) is 10.8 Å². The van der Waals surface area contributed by atoms with E-state index in [-0.39, 0.29) is 28.7 Å². The highest BCUT2D eigenvalue weighted by molar-refractivity contribution is 5.92. The van der Waals surface area contributed by atoms with Crippen LogP contribution in [0.3, 0.4) is 0 Å². The van der Waals surface area contributed by atoms with Crippen molar-refractivity contribution in [3.63, 3.8) is 0 Å². The standard InChI is InChI=1S/C26H45FN4O2/c1-22(2,3)31-19-14-12-11-13-15-26(27,20(19)29-30-31)21(32)25(9,10)17-16-24(7,8)18-28-33-23(4,5)6/h18H,11-17H2,1-10H3/b28-18+. The van der Waals surface area contributed by atoms with Crippen LogP contribution < -0.4 is 0 Å². The number of rotatable bonds is 7. The third-order valence-electron chi connectivity index (χ3n) is 6.31. The molecule has 0 radical (unpaired) electrons. The molecule has 0 saturated carbocycles. The molecule has 0 N–H and O–H groups in total. The first-order chi connectivity index (χ1) is 14.9. The predicted molar refractivity (Wildman–Crippen MR) is 131 cm³/mol. The first-order valence-electron chi connectivity index (χ1n) is 12.3. The second kappa shape index (κ2) is 9.46. The Morgan fingerprint density at radius 1 is 1.06 bits per heavy atom. The Hall–Kier alpha value is -1.79. The summed E-state index contributed by atoms with van der Waals surface area (Å²) in [6.07, 6.45) is 6.37. The summed E-state index contributed by atoms with van der Waals surface area (Å²) in [5, 5.41) is 12.7. The van der Waals surface area contributed by atoms with Gasteiger partial charge in [-0.15, -0.1) is 5.10 Å². The Labute approximate surface area is 199 Å². The molecule has 1 atom stereocenters. The van der Waals surface area contributed by atoms with E-state index in [1.165, 1.54) is 0 Å². The predicted octanol–water partition coefficient (Wildman–Crippen LogP) is 6.52. The Kier molecular flexibility index (Phi) is 7.87. The van der Waals surface area contributed by atoms with Crippen molar-refractivity contribution >= 4 is 12.0 Å². The minimum absolute atomic E-state index is 0.162. The molecule has 0 fully saturated rings. The molecule has 2 rings (SSSR count). The van der Waals surface area contributed by atoms with Crippen molar-refractivity contribution in [3.8, 4) is 0 Å². The Morgan fingerprint density at radius 2 is 1.70 bits per heavy atom. The molecule has 0 amide bonds. The van der Waals surface area contributed by atoms with Crippen LogP contribution >= 0.6 is 0 Å². The summed E-state index contributed by atoms with van der Waals surface area (Å²) in [6, 6.07) is 0. The topological polar surface area (TPSA) is 69.4 Å². The van der Waals surface area contributed by atoms with Gasteiger partial charge < -0.3 is 4.84 Å². The zero-order valence-corrected chi connectivity index (χ0v) is 22.5. The van der Waals surface area contributed by atoms with E-state index in [0.717, 1.165) is 18.5 Å². The number of carbonyl (C=O) groups is 1. The SMILES string of the molecule is CC(C)(/C=N/OC(C)(C)C)CCC(C)(C)C(=O)C1(F)CCCCCc2c1nnn2C(C)(C)C. The summed E-state index contributed by atoms with van der Waals surface area (Å²) >= 11 is 0. The maximum Gasteiger partial charge on any atom is 0.214 e. The molecule has 0 aliphatic heterocycles. The average molecular weight is 465 g/mol. The van der Waals surface area contributed by atoms with Gasteiger partial charge in [-0.2, -0.15) is 0 Å². The highest BCUT2D eigenvalue weighted by Crippen LogP contribution is 2.44. The van der Waals surface area contributed by atoms with Gasteiger partial charge in [0.05, 0.1) is 11.2 Å². The van der Waals surface area contributed by atoms with E-state index in [1.54, 1.807) is 10.9 Å². The number of ketones is 1. The van der Waals surface area contributed by atoms with Crippen LogP contribution in [0.1, 0.15) is 119 Å². The Morgan fingerprint density at radius 3 is 2.27 bits per heavy atom. The molecule has 1 aromatic rings. The number of Topliss-reactive ketones (excluding diaryl/α,β-unsaturated/α-hetero) is 1. The van der Waals surface area contributed by atoms with Crippen molar-refractivity contribution < 1.29 is 14.0 Å². The zero-order valence-electron chi connectivity index (χ0n) is 22.5. The lowest BCUT2D eigenvalue weighted by Crippen LogP contribution is -2.43. The molecule has 188 valence electrons. The molecule has 0 bridgehead atoms. The van der Waals surface area contributed by atoms with Crippen molar-refractivity contribution in [2.75, 3.05) is 0 Å². The molecule has 0 aromatic carbocycles. The summed E-state index contributed by atoms with van der Waals surface area (Å²) in [5.74, 6) is -0.391. The minimum atomic E-state index is -2.11. The number of hydrogen-bond acceptors (Lipinski definition) is 5. The molecule has 1 heterocycles. The number of fused-ring (bicyclic) bond motifs is 1. The fourth-order valence-electron chi connectivity index (χ4n) is 4.23. The molecule has 0 spiro atoms. The van der Waals surface area contributed by atoms with E-state index in [9.17, 15) is 4.79 Å². The fraction of sp³-hybridized carbons (Fsp3) is 0.846. The average Bonchev–Trinajstić information content (AvgIpc) is 3.07. The molecule has 6 nitrogen and oxygen atoms in total. The lowest BCUT2D eigenvalue weighted by molar-refractivity contribution is -0.142. The number of oxime groups is 1. The maximum atomic E-state index is 16.7. The molecule has 1 aromatic heterocycles. The molecule has 1 aliphatic rings. The first kappa shape index (κ1) is 27.5. The van der Waals surface area contributed by atoms with Gasteiger partial charge in [0.15, 0.2) is 5.78 Å². The van der Waals surface area contributed by atoms with Gasteiger partial charge >= 0.3 is 0 Å². The quantitative estimate of drug-likeness (QED) is 0.340. The third kappa shape index (κ3) is 6.86. The Bertz CT molecular complexity index is 859. The molecular formula is C26H45FN4O2. The van der Waals surface area contributed by atoms with E-state index in [2.05, 4.69) is 29.3 Å². The first-order valence-corrected chi connectivity index (χ1v) is 12.3. The van der Waals surface area contributed by atoms with Crippen LogP contribution in [0.4, 0.5) is 4.39 Å². The molecule has 0 saturated heterocycles.